The topological polar surface area (TPSA) is 55.1 Å². The molecule has 0 aliphatic heterocycles. The van der Waals surface area contributed by atoms with Crippen LogP contribution < -0.4 is 11.1 Å². The number of nitrogens with one attached hydrogen (secondary N) is 1. The lowest BCUT2D eigenvalue weighted by Gasteiger charge is -2.22. The van der Waals surface area contributed by atoms with Gasteiger partial charge in [-0.25, -0.2) is 0 Å². The summed E-state index contributed by atoms with van der Waals surface area (Å²) in [5.74, 6) is -0.166. The van der Waals surface area contributed by atoms with Gasteiger partial charge in [-0.2, -0.15) is 0 Å². The fourth-order valence-corrected chi connectivity index (χ4v) is 1.67. The smallest absolute Gasteiger partial charge is 0.232 e. The van der Waals surface area contributed by atoms with E-state index >= 15 is 0 Å². The third-order valence-electron chi connectivity index (χ3n) is 2.58. The predicted octanol–water partition coefficient (Wildman–Crippen LogP) is 2.38. The standard InChI is InChI=1S/C12H15BrN2OS/c1-12(2,10(14)17)11(16)15-7-8-5-3-4-6-9(8)13/h3-6H,7H2,1-2H3,(H2,14,17)(H,15,16). The lowest BCUT2D eigenvalue weighted by atomic mass is 9.92. The largest absolute Gasteiger partial charge is 0.392 e. The van der Waals surface area contributed by atoms with Gasteiger partial charge in [0.15, 0.2) is 0 Å². The minimum absolute atomic E-state index is 0.166. The number of hydrogen-bond acceptors (Lipinski definition) is 2. The molecule has 5 heteroatoms. The highest BCUT2D eigenvalue weighted by Crippen LogP contribution is 2.18. The summed E-state index contributed by atoms with van der Waals surface area (Å²) in [7, 11) is 0. The minimum atomic E-state index is -0.823. The van der Waals surface area contributed by atoms with E-state index in [1.165, 1.54) is 0 Å². The van der Waals surface area contributed by atoms with E-state index in [0.717, 1.165) is 10.0 Å². The van der Waals surface area contributed by atoms with E-state index in [0.29, 0.717) is 6.54 Å². The van der Waals surface area contributed by atoms with Crippen molar-refractivity contribution in [2.24, 2.45) is 11.1 Å². The molecule has 1 amide bonds. The van der Waals surface area contributed by atoms with Crippen LogP contribution in [0.4, 0.5) is 0 Å². The molecule has 0 bridgehead atoms. The Morgan fingerprint density at radius 3 is 2.59 bits per heavy atom. The molecule has 0 aliphatic carbocycles. The number of benzene rings is 1. The molecule has 0 saturated heterocycles. The lowest BCUT2D eigenvalue weighted by molar-refractivity contribution is -0.126. The summed E-state index contributed by atoms with van der Waals surface area (Å²) in [6.45, 7) is 3.88. The van der Waals surface area contributed by atoms with Crippen molar-refractivity contribution < 1.29 is 4.79 Å². The maximum absolute atomic E-state index is 11.9. The van der Waals surface area contributed by atoms with Gasteiger partial charge in [-0.1, -0.05) is 46.3 Å². The van der Waals surface area contributed by atoms with Crippen molar-refractivity contribution in [1.82, 2.24) is 5.32 Å². The van der Waals surface area contributed by atoms with Gasteiger partial charge >= 0.3 is 0 Å². The number of hydrogen-bond donors (Lipinski definition) is 2. The van der Waals surface area contributed by atoms with Crippen LogP contribution in [-0.4, -0.2) is 10.9 Å². The van der Waals surface area contributed by atoms with E-state index in [-0.39, 0.29) is 10.9 Å². The molecule has 0 unspecified atom stereocenters. The minimum Gasteiger partial charge on any atom is -0.392 e. The number of rotatable bonds is 4. The first-order valence-electron chi connectivity index (χ1n) is 5.17. The van der Waals surface area contributed by atoms with Crippen molar-refractivity contribution in [3.8, 4) is 0 Å². The molecule has 0 atom stereocenters. The summed E-state index contributed by atoms with van der Waals surface area (Å²) >= 11 is 8.30. The van der Waals surface area contributed by atoms with Crippen LogP contribution in [0.25, 0.3) is 0 Å². The molecule has 1 rings (SSSR count). The van der Waals surface area contributed by atoms with Crippen molar-refractivity contribution >= 4 is 39.0 Å². The van der Waals surface area contributed by atoms with Crippen molar-refractivity contribution in [3.63, 3.8) is 0 Å². The monoisotopic (exact) mass is 314 g/mol. The highest BCUT2D eigenvalue weighted by Gasteiger charge is 2.30. The molecular formula is C12H15BrN2OS. The zero-order valence-electron chi connectivity index (χ0n) is 9.79. The van der Waals surface area contributed by atoms with Crippen LogP contribution >= 0.6 is 28.1 Å². The van der Waals surface area contributed by atoms with Gasteiger partial charge in [0.1, 0.15) is 0 Å². The number of thiocarbonyl (C=S) groups is 1. The summed E-state index contributed by atoms with van der Waals surface area (Å²) in [5.41, 5.74) is 5.72. The zero-order chi connectivity index (χ0) is 13.1. The molecule has 0 saturated carbocycles. The lowest BCUT2D eigenvalue weighted by Crippen LogP contribution is -2.44. The second-order valence-corrected chi connectivity index (χ2v) is 5.56. The number of halogens is 1. The summed E-state index contributed by atoms with van der Waals surface area (Å²) in [5, 5.41) is 2.82. The van der Waals surface area contributed by atoms with E-state index in [1.54, 1.807) is 13.8 Å². The zero-order valence-corrected chi connectivity index (χ0v) is 12.2. The molecule has 0 spiro atoms. The van der Waals surface area contributed by atoms with E-state index in [2.05, 4.69) is 21.2 Å². The molecule has 1 aromatic carbocycles. The second-order valence-electron chi connectivity index (χ2n) is 4.26. The number of carbonyl (C=O) groups excluding carboxylic acids is 1. The highest BCUT2D eigenvalue weighted by atomic mass is 79.9. The van der Waals surface area contributed by atoms with Gasteiger partial charge < -0.3 is 11.1 Å². The fourth-order valence-electron chi connectivity index (χ4n) is 1.15. The van der Waals surface area contributed by atoms with Crippen LogP contribution in [0.2, 0.25) is 0 Å². The van der Waals surface area contributed by atoms with Gasteiger partial charge in [-0.05, 0) is 25.5 Å². The van der Waals surface area contributed by atoms with Crippen LogP contribution in [0.15, 0.2) is 28.7 Å². The van der Waals surface area contributed by atoms with Crippen LogP contribution in [0.5, 0.6) is 0 Å². The van der Waals surface area contributed by atoms with Crippen LogP contribution in [0.3, 0.4) is 0 Å². The van der Waals surface area contributed by atoms with Gasteiger partial charge in [0.25, 0.3) is 0 Å². The third kappa shape index (κ3) is 3.51. The molecule has 17 heavy (non-hydrogen) atoms. The van der Waals surface area contributed by atoms with Crippen molar-refractivity contribution in [2.75, 3.05) is 0 Å². The molecule has 3 nitrogen and oxygen atoms in total. The molecule has 0 heterocycles. The van der Waals surface area contributed by atoms with Crippen molar-refractivity contribution in [3.05, 3.63) is 34.3 Å². The van der Waals surface area contributed by atoms with Crippen LogP contribution in [-0.2, 0) is 11.3 Å². The molecule has 3 N–H and O–H groups in total. The first-order chi connectivity index (χ1) is 7.85. The van der Waals surface area contributed by atoms with Gasteiger partial charge in [0, 0.05) is 11.0 Å². The van der Waals surface area contributed by atoms with Gasteiger partial charge in [-0.15, -0.1) is 0 Å². The predicted molar refractivity (Wildman–Crippen MR) is 76.6 cm³/mol. The van der Waals surface area contributed by atoms with E-state index in [1.807, 2.05) is 24.3 Å². The number of nitrogens with two attached hydrogens (primary N) is 1. The van der Waals surface area contributed by atoms with Crippen LogP contribution in [0.1, 0.15) is 19.4 Å². The first kappa shape index (κ1) is 14.1. The number of amides is 1. The Morgan fingerprint density at radius 1 is 1.47 bits per heavy atom. The van der Waals surface area contributed by atoms with Gasteiger partial charge in [0.2, 0.25) is 5.91 Å². The Hall–Kier alpha value is -0.940. The van der Waals surface area contributed by atoms with Gasteiger partial charge in [-0.3, -0.25) is 4.79 Å². The van der Waals surface area contributed by atoms with E-state index < -0.39 is 5.41 Å². The van der Waals surface area contributed by atoms with Gasteiger partial charge in [0.05, 0.1) is 10.4 Å². The SMILES string of the molecule is CC(C)(C(=O)NCc1ccccc1Br)C(N)=S. The van der Waals surface area contributed by atoms with Crippen LogP contribution in [0, 0.1) is 5.41 Å². The molecule has 0 fully saturated rings. The molecule has 0 aromatic heterocycles. The maximum atomic E-state index is 11.9. The Morgan fingerprint density at radius 2 is 2.06 bits per heavy atom. The van der Waals surface area contributed by atoms with Crippen molar-refractivity contribution in [1.29, 1.82) is 0 Å². The van der Waals surface area contributed by atoms with E-state index in [9.17, 15) is 4.79 Å². The first-order valence-corrected chi connectivity index (χ1v) is 6.37. The molecular weight excluding hydrogens is 300 g/mol. The maximum Gasteiger partial charge on any atom is 0.232 e. The quantitative estimate of drug-likeness (QED) is 0.839. The average Bonchev–Trinajstić information content (AvgIpc) is 2.27. The van der Waals surface area contributed by atoms with E-state index in [4.69, 9.17) is 18.0 Å². The summed E-state index contributed by atoms with van der Waals surface area (Å²) in [4.78, 5) is 12.1. The summed E-state index contributed by atoms with van der Waals surface area (Å²) < 4.78 is 0.966. The molecule has 0 aliphatic rings. The molecule has 92 valence electrons. The summed E-state index contributed by atoms with van der Waals surface area (Å²) in [6.07, 6.45) is 0. The Bertz CT molecular complexity index is 446. The number of carbonyl (C=O) groups is 1. The highest BCUT2D eigenvalue weighted by molar-refractivity contribution is 9.10. The third-order valence-corrected chi connectivity index (χ3v) is 3.86. The normalized spacial score (nSPS) is 11.0. The Kier molecular flexibility index (Phi) is 4.65. The molecule has 0 radical (unpaired) electrons. The Labute approximate surface area is 115 Å². The molecule has 1 aromatic rings. The fraction of sp³-hybridized carbons (Fsp3) is 0.333. The Balaban J connectivity index is 2.67. The van der Waals surface area contributed by atoms with Crippen molar-refractivity contribution in [2.45, 2.75) is 20.4 Å². The average molecular weight is 315 g/mol. The summed E-state index contributed by atoms with van der Waals surface area (Å²) in [6, 6.07) is 7.72. The second kappa shape index (κ2) is 5.60.